The van der Waals surface area contributed by atoms with E-state index in [2.05, 4.69) is 12.1 Å². The number of carbonyl (C=O) groups is 2. The van der Waals surface area contributed by atoms with Crippen LogP contribution in [0.15, 0.2) is 28.5 Å². The summed E-state index contributed by atoms with van der Waals surface area (Å²) in [6, 6.07) is 10.1. The van der Waals surface area contributed by atoms with Gasteiger partial charge in [0.1, 0.15) is 18.1 Å². The van der Waals surface area contributed by atoms with Crippen LogP contribution in [0.3, 0.4) is 0 Å². The van der Waals surface area contributed by atoms with Crippen LogP contribution in [0.4, 0.5) is 5.69 Å². The van der Waals surface area contributed by atoms with Crippen molar-refractivity contribution in [3.8, 4) is 6.07 Å². The zero-order valence-electron chi connectivity index (χ0n) is 14.0. The molecule has 1 aromatic heterocycles. The number of esters is 1. The van der Waals surface area contributed by atoms with Crippen molar-refractivity contribution < 1.29 is 14.3 Å². The molecule has 0 fully saturated rings. The summed E-state index contributed by atoms with van der Waals surface area (Å²) in [4.78, 5) is 24.0. The minimum atomic E-state index is -0.590. The second kappa shape index (κ2) is 8.70. The van der Waals surface area contributed by atoms with Crippen LogP contribution >= 0.6 is 23.1 Å². The highest BCUT2D eigenvalue weighted by molar-refractivity contribution is 8.00. The summed E-state index contributed by atoms with van der Waals surface area (Å²) in [5.74, 6) is -0.338. The van der Waals surface area contributed by atoms with Gasteiger partial charge in [0, 0.05) is 5.75 Å². The molecule has 0 saturated heterocycles. The molecule has 1 aromatic carbocycles. The van der Waals surface area contributed by atoms with Gasteiger partial charge < -0.3 is 10.5 Å². The summed E-state index contributed by atoms with van der Waals surface area (Å²) in [5, 5.41) is 9.36. The van der Waals surface area contributed by atoms with Crippen molar-refractivity contribution in [3.05, 3.63) is 45.8 Å². The van der Waals surface area contributed by atoms with Crippen LogP contribution in [0, 0.1) is 18.3 Å². The smallest absolute Gasteiger partial charge is 0.313 e. The van der Waals surface area contributed by atoms with Gasteiger partial charge in [-0.3, -0.25) is 9.59 Å². The molecule has 25 heavy (non-hydrogen) atoms. The van der Waals surface area contributed by atoms with Gasteiger partial charge in [-0.1, -0.05) is 29.8 Å². The number of anilines is 1. The maximum atomic E-state index is 12.3. The fourth-order valence-corrected chi connectivity index (χ4v) is 4.49. The molecule has 0 radical (unpaired) electrons. The van der Waals surface area contributed by atoms with Gasteiger partial charge in [-0.15, -0.1) is 23.1 Å². The van der Waals surface area contributed by atoms with E-state index < -0.39 is 11.8 Å². The Balaban J connectivity index is 2.18. The normalized spacial score (nSPS) is 10.3. The Morgan fingerprint density at radius 2 is 2.16 bits per heavy atom. The predicted octanol–water partition coefficient (Wildman–Crippen LogP) is 3.94. The second-order valence-electron chi connectivity index (χ2n) is 5.30. The summed E-state index contributed by atoms with van der Waals surface area (Å²) < 4.78 is 5.48. The molecule has 0 aliphatic heterocycles. The molecule has 2 aromatic rings. The van der Waals surface area contributed by atoms with E-state index in [1.54, 1.807) is 6.92 Å². The number of nitrogen functional groups attached to an aromatic ring is 1. The molecule has 1 heterocycles. The van der Waals surface area contributed by atoms with Gasteiger partial charge in [-0.25, -0.2) is 0 Å². The third-order valence-electron chi connectivity index (χ3n) is 3.34. The van der Waals surface area contributed by atoms with Crippen LogP contribution < -0.4 is 5.73 Å². The second-order valence-corrected chi connectivity index (χ2v) is 7.57. The van der Waals surface area contributed by atoms with Crippen molar-refractivity contribution in [1.29, 1.82) is 5.26 Å². The molecule has 0 amide bonds. The van der Waals surface area contributed by atoms with E-state index in [0.29, 0.717) is 15.5 Å². The number of thiophene rings is 1. The number of hydrogen-bond acceptors (Lipinski definition) is 7. The predicted molar refractivity (Wildman–Crippen MR) is 99.8 cm³/mol. The molecule has 2 N–H and O–H groups in total. The molecule has 0 spiro atoms. The van der Waals surface area contributed by atoms with Crippen molar-refractivity contribution in [2.75, 3.05) is 12.3 Å². The van der Waals surface area contributed by atoms with E-state index in [9.17, 15) is 14.9 Å². The highest BCUT2D eigenvalue weighted by Gasteiger charge is 2.23. The fraction of sp³-hybridized carbons (Fsp3) is 0.278. The number of rotatable bonds is 7. The SMILES string of the molecule is CCOC(=O)CC(=O)c1sc(SCc2cccc(C)c2)c(C#N)c1N. The average Bonchev–Trinajstić information content (AvgIpc) is 2.89. The summed E-state index contributed by atoms with van der Waals surface area (Å²) in [5.41, 5.74) is 8.69. The van der Waals surface area contributed by atoms with Gasteiger partial charge in [0.05, 0.1) is 21.4 Å². The molecule has 0 saturated carbocycles. The molecule has 5 nitrogen and oxygen atoms in total. The lowest BCUT2D eigenvalue weighted by atomic mass is 10.2. The maximum Gasteiger partial charge on any atom is 0.313 e. The van der Waals surface area contributed by atoms with Gasteiger partial charge in [-0.05, 0) is 19.4 Å². The summed E-state index contributed by atoms with van der Waals surface area (Å²) >= 11 is 2.62. The highest BCUT2D eigenvalue weighted by atomic mass is 32.2. The monoisotopic (exact) mass is 374 g/mol. The number of ether oxygens (including phenoxy) is 1. The van der Waals surface area contributed by atoms with Crippen molar-refractivity contribution in [1.82, 2.24) is 0 Å². The van der Waals surface area contributed by atoms with Crippen molar-refractivity contribution in [3.63, 3.8) is 0 Å². The van der Waals surface area contributed by atoms with Crippen molar-refractivity contribution in [2.24, 2.45) is 0 Å². The Kier molecular flexibility index (Phi) is 6.62. The molecular weight excluding hydrogens is 356 g/mol. The van der Waals surface area contributed by atoms with Crippen LogP contribution in [0.2, 0.25) is 0 Å². The summed E-state index contributed by atoms with van der Waals surface area (Å²) in [7, 11) is 0. The van der Waals surface area contributed by atoms with Crippen LogP contribution in [0.25, 0.3) is 0 Å². The zero-order valence-corrected chi connectivity index (χ0v) is 15.6. The first-order valence-electron chi connectivity index (χ1n) is 7.65. The Morgan fingerprint density at radius 3 is 2.80 bits per heavy atom. The standard InChI is InChI=1S/C18H18N2O3S2/c1-3-23-15(22)8-14(21)17-16(20)13(9-19)18(25-17)24-10-12-6-4-5-11(2)7-12/h4-7H,3,8,10,20H2,1-2H3. The number of carbonyl (C=O) groups excluding carboxylic acids is 2. The largest absolute Gasteiger partial charge is 0.466 e. The first kappa shape index (κ1) is 19.0. The summed E-state index contributed by atoms with van der Waals surface area (Å²) in [6.45, 7) is 3.91. The van der Waals surface area contributed by atoms with E-state index in [4.69, 9.17) is 10.5 Å². The third-order valence-corrected chi connectivity index (χ3v) is 5.93. The minimum absolute atomic E-state index is 0.147. The van der Waals surface area contributed by atoms with Crippen molar-refractivity contribution in [2.45, 2.75) is 30.2 Å². The number of thioether (sulfide) groups is 1. The Bertz CT molecular complexity index is 837. The number of ketones is 1. The molecule has 0 bridgehead atoms. The van der Waals surface area contributed by atoms with Crippen LogP contribution in [-0.2, 0) is 15.3 Å². The lowest BCUT2D eigenvalue weighted by molar-refractivity contribution is -0.141. The molecule has 0 atom stereocenters. The van der Waals surface area contributed by atoms with E-state index in [-0.39, 0.29) is 23.6 Å². The van der Waals surface area contributed by atoms with Crippen molar-refractivity contribution >= 4 is 40.5 Å². The van der Waals surface area contributed by atoms with Crippen LogP contribution in [0.5, 0.6) is 0 Å². The number of Topliss-reactive ketones (excluding diaryl/α,β-unsaturated/α-hetero) is 1. The van der Waals surface area contributed by atoms with Crippen LogP contribution in [-0.4, -0.2) is 18.4 Å². The average molecular weight is 374 g/mol. The van der Waals surface area contributed by atoms with Gasteiger partial charge in [0.15, 0.2) is 5.78 Å². The highest BCUT2D eigenvalue weighted by Crippen LogP contribution is 2.39. The first-order valence-corrected chi connectivity index (χ1v) is 9.46. The molecule has 0 aliphatic carbocycles. The van der Waals surface area contributed by atoms with Gasteiger partial charge in [-0.2, -0.15) is 5.26 Å². The van der Waals surface area contributed by atoms with E-state index in [1.165, 1.54) is 11.8 Å². The van der Waals surface area contributed by atoms with E-state index >= 15 is 0 Å². The lowest BCUT2D eigenvalue weighted by Crippen LogP contribution is -2.11. The Morgan fingerprint density at radius 1 is 1.40 bits per heavy atom. The number of nitriles is 1. The van der Waals surface area contributed by atoms with Crippen LogP contribution in [0.1, 0.15) is 39.7 Å². The number of hydrogen-bond donors (Lipinski definition) is 1. The molecule has 130 valence electrons. The zero-order chi connectivity index (χ0) is 18.4. The molecule has 0 unspecified atom stereocenters. The Hall–Kier alpha value is -2.30. The van der Waals surface area contributed by atoms with Gasteiger partial charge in [0.25, 0.3) is 0 Å². The van der Waals surface area contributed by atoms with Gasteiger partial charge in [0.2, 0.25) is 0 Å². The molecule has 7 heteroatoms. The summed E-state index contributed by atoms with van der Waals surface area (Å²) in [6.07, 6.45) is -0.370. The minimum Gasteiger partial charge on any atom is -0.466 e. The molecular formula is C18H18N2O3S2. The van der Waals surface area contributed by atoms with Gasteiger partial charge >= 0.3 is 5.97 Å². The fourth-order valence-electron chi connectivity index (χ4n) is 2.21. The molecule has 2 rings (SSSR count). The van der Waals surface area contributed by atoms with E-state index in [1.807, 2.05) is 25.1 Å². The number of benzene rings is 1. The quantitative estimate of drug-likeness (QED) is 0.341. The maximum absolute atomic E-state index is 12.3. The first-order chi connectivity index (χ1) is 12.0. The number of nitrogens with two attached hydrogens (primary N) is 1. The van der Waals surface area contributed by atoms with E-state index in [0.717, 1.165) is 22.5 Å². The topological polar surface area (TPSA) is 93.2 Å². The molecule has 0 aliphatic rings. The number of nitrogens with zero attached hydrogens (tertiary/aromatic N) is 1. The third kappa shape index (κ3) is 4.84. The Labute approximate surface area is 154 Å². The number of aryl methyl sites for hydroxylation is 1. The lowest BCUT2D eigenvalue weighted by Gasteiger charge is -2.01.